The Hall–Kier alpha value is -4.13. The summed E-state index contributed by atoms with van der Waals surface area (Å²) in [5.41, 5.74) is 2.13. The lowest BCUT2D eigenvalue weighted by molar-refractivity contribution is 0.405. The maximum absolute atomic E-state index is 15.7. The van der Waals surface area contributed by atoms with E-state index in [9.17, 15) is 18.0 Å². The maximum atomic E-state index is 15.7. The van der Waals surface area contributed by atoms with Gasteiger partial charge < -0.3 is 16.0 Å². The summed E-state index contributed by atoms with van der Waals surface area (Å²) in [6, 6.07) is 2.59. The predicted molar refractivity (Wildman–Crippen MR) is 146 cm³/mol. The number of anilines is 2. The van der Waals surface area contributed by atoms with Crippen LogP contribution in [0.4, 0.5) is 33.5 Å². The highest BCUT2D eigenvalue weighted by Crippen LogP contribution is 2.37. The Bertz CT molecular complexity index is 1720. The Morgan fingerprint density at radius 1 is 1.00 bits per heavy atom. The van der Waals surface area contributed by atoms with Crippen LogP contribution in [0, 0.1) is 36.0 Å². The third-order valence-electron chi connectivity index (χ3n) is 7.12. The number of hydrogen-bond donors (Lipinski definition) is 2. The van der Waals surface area contributed by atoms with E-state index in [1.54, 1.807) is 24.1 Å². The maximum Gasteiger partial charge on any atom is 0.355 e. The van der Waals surface area contributed by atoms with Gasteiger partial charge in [-0.15, -0.1) is 0 Å². The minimum absolute atomic E-state index is 0.00317. The second kappa shape index (κ2) is 10.4. The van der Waals surface area contributed by atoms with Crippen molar-refractivity contribution in [3.8, 4) is 16.9 Å². The number of nitrogens with zero attached hydrogens (tertiary/aromatic N) is 5. The Morgan fingerprint density at radius 3 is 2.29 bits per heavy atom. The van der Waals surface area contributed by atoms with Gasteiger partial charge in [0.1, 0.15) is 17.2 Å². The molecular formula is C28H28F5N7O. The van der Waals surface area contributed by atoms with Crippen molar-refractivity contribution in [2.75, 3.05) is 23.7 Å². The van der Waals surface area contributed by atoms with Crippen molar-refractivity contribution in [2.45, 2.75) is 52.6 Å². The van der Waals surface area contributed by atoms with Gasteiger partial charge in [0.25, 0.3) is 0 Å². The summed E-state index contributed by atoms with van der Waals surface area (Å²) < 4.78 is 75.1. The first-order valence-electron chi connectivity index (χ1n) is 13.0. The highest BCUT2D eigenvalue weighted by Gasteiger charge is 2.31. The Kier molecular flexibility index (Phi) is 7.18. The van der Waals surface area contributed by atoms with Crippen LogP contribution in [0.2, 0.25) is 0 Å². The van der Waals surface area contributed by atoms with Crippen LogP contribution < -0.4 is 21.6 Å². The number of aryl methyl sites for hydroxylation is 1. The van der Waals surface area contributed by atoms with E-state index < -0.39 is 51.7 Å². The zero-order valence-corrected chi connectivity index (χ0v) is 23.0. The summed E-state index contributed by atoms with van der Waals surface area (Å²) in [6.07, 6.45) is 1.57. The number of nitrogens with one attached hydrogen (secondary N) is 1. The molecule has 3 N–H and O–H groups in total. The lowest BCUT2D eigenvalue weighted by atomic mass is 10.0. The van der Waals surface area contributed by atoms with E-state index in [1.165, 1.54) is 0 Å². The van der Waals surface area contributed by atoms with Crippen molar-refractivity contribution in [1.29, 1.82) is 0 Å². The molecule has 216 valence electrons. The highest BCUT2D eigenvalue weighted by molar-refractivity contribution is 5.90. The van der Waals surface area contributed by atoms with Crippen LogP contribution in [0.25, 0.3) is 28.0 Å². The Morgan fingerprint density at radius 2 is 1.66 bits per heavy atom. The highest BCUT2D eigenvalue weighted by atomic mass is 19.2. The van der Waals surface area contributed by atoms with Gasteiger partial charge in [-0.1, -0.05) is 13.8 Å². The van der Waals surface area contributed by atoms with Gasteiger partial charge in [-0.25, -0.2) is 36.3 Å². The molecular weight excluding hydrogens is 545 g/mol. The molecule has 1 aliphatic rings. The molecule has 1 fully saturated rings. The molecule has 1 saturated heterocycles. The fourth-order valence-corrected chi connectivity index (χ4v) is 5.37. The zero-order valence-electron chi connectivity index (χ0n) is 23.0. The minimum Gasteiger partial charge on any atom is -0.394 e. The summed E-state index contributed by atoms with van der Waals surface area (Å²) in [4.78, 5) is 28.5. The molecule has 4 aromatic rings. The molecule has 0 bridgehead atoms. The smallest absolute Gasteiger partial charge is 0.355 e. The second-order valence-electron chi connectivity index (χ2n) is 10.7. The van der Waals surface area contributed by atoms with E-state index in [1.807, 2.05) is 27.7 Å². The molecule has 8 nitrogen and oxygen atoms in total. The normalized spacial score (nSPS) is 17.6. The molecule has 0 amide bonds. The zero-order chi connectivity index (χ0) is 29.9. The molecule has 41 heavy (non-hydrogen) atoms. The lowest BCUT2D eigenvalue weighted by Crippen LogP contribution is -2.55. The SMILES string of the molecule is Cc1ccnc(C(C)C)c1-n1c(=O)nc(N2C[C@@H](C)N[C@@H](C)C2)c2cc(F)c(-c3c(F)c(N)c(F)c(F)c3F)nc21. The molecule has 0 saturated carbocycles. The van der Waals surface area contributed by atoms with E-state index in [2.05, 4.69) is 20.3 Å². The minimum atomic E-state index is -2.08. The first-order chi connectivity index (χ1) is 19.3. The van der Waals surface area contributed by atoms with Crippen molar-refractivity contribution in [3.63, 3.8) is 0 Å². The van der Waals surface area contributed by atoms with E-state index in [0.29, 0.717) is 30.0 Å². The molecule has 13 heteroatoms. The molecule has 2 atom stereocenters. The average molecular weight is 574 g/mol. The van der Waals surface area contributed by atoms with Crippen LogP contribution in [0.1, 0.15) is 44.9 Å². The van der Waals surface area contributed by atoms with Crippen LogP contribution in [-0.4, -0.2) is 44.7 Å². The fourth-order valence-electron chi connectivity index (χ4n) is 5.37. The van der Waals surface area contributed by atoms with Crippen LogP contribution in [0.15, 0.2) is 23.1 Å². The Labute approximate surface area is 232 Å². The number of benzene rings is 1. The topological polar surface area (TPSA) is 102 Å². The molecule has 1 aromatic carbocycles. The van der Waals surface area contributed by atoms with Crippen LogP contribution >= 0.6 is 0 Å². The number of aromatic nitrogens is 4. The van der Waals surface area contributed by atoms with Crippen molar-refractivity contribution in [1.82, 2.24) is 24.8 Å². The number of nitrogen functional groups attached to an aromatic ring is 1. The van der Waals surface area contributed by atoms with Gasteiger partial charge in [-0.3, -0.25) is 4.98 Å². The van der Waals surface area contributed by atoms with Crippen molar-refractivity contribution >= 4 is 22.5 Å². The monoisotopic (exact) mass is 573 g/mol. The van der Waals surface area contributed by atoms with E-state index in [4.69, 9.17) is 5.73 Å². The molecule has 3 aromatic heterocycles. The van der Waals surface area contributed by atoms with Crippen molar-refractivity contribution in [2.24, 2.45) is 0 Å². The number of hydrogen-bond acceptors (Lipinski definition) is 7. The molecule has 4 heterocycles. The van der Waals surface area contributed by atoms with E-state index in [0.717, 1.165) is 10.6 Å². The summed E-state index contributed by atoms with van der Waals surface area (Å²) in [7, 11) is 0. The number of fused-ring (bicyclic) bond motifs is 1. The molecule has 0 spiro atoms. The number of halogens is 5. The summed E-state index contributed by atoms with van der Waals surface area (Å²) in [6.45, 7) is 10.2. The quantitative estimate of drug-likeness (QED) is 0.157. The van der Waals surface area contributed by atoms with Crippen LogP contribution in [0.5, 0.6) is 0 Å². The third-order valence-corrected chi connectivity index (χ3v) is 7.12. The lowest BCUT2D eigenvalue weighted by Gasteiger charge is -2.37. The standard InChI is InChI=1S/C28H28F5N7O/c1-11(2)23-25(12(3)6-7-35-23)40-27-15(26(38-28(40)41)39-9-13(4)36-14(5)10-39)8-16(29)24(37-27)17-18(30)20(32)21(33)22(34)19(17)31/h6-8,11,13-14,36H,9-10,34H2,1-5H3/t13-,14+. The molecule has 0 aliphatic carbocycles. The van der Waals surface area contributed by atoms with Gasteiger partial charge in [0.15, 0.2) is 34.7 Å². The average Bonchev–Trinajstić information content (AvgIpc) is 2.91. The van der Waals surface area contributed by atoms with Gasteiger partial charge >= 0.3 is 5.69 Å². The molecule has 1 aliphatic heterocycles. The van der Waals surface area contributed by atoms with Crippen molar-refractivity contribution < 1.29 is 22.0 Å². The van der Waals surface area contributed by atoms with E-state index in [-0.39, 0.29) is 34.9 Å². The number of nitrogens with two attached hydrogens (primary N) is 1. The first-order valence-corrected chi connectivity index (χ1v) is 13.0. The van der Waals surface area contributed by atoms with Crippen LogP contribution in [-0.2, 0) is 0 Å². The molecule has 5 rings (SSSR count). The predicted octanol–water partition coefficient (Wildman–Crippen LogP) is 4.74. The van der Waals surface area contributed by atoms with Crippen molar-refractivity contribution in [3.05, 3.63) is 69.2 Å². The summed E-state index contributed by atoms with van der Waals surface area (Å²) in [5, 5.41) is 3.43. The van der Waals surface area contributed by atoms with Crippen LogP contribution in [0.3, 0.4) is 0 Å². The Balaban J connectivity index is 1.93. The third kappa shape index (κ3) is 4.67. The summed E-state index contributed by atoms with van der Waals surface area (Å²) in [5.74, 6) is -9.06. The van der Waals surface area contributed by atoms with Gasteiger partial charge in [-0.2, -0.15) is 4.98 Å². The molecule has 0 unspecified atom stereocenters. The summed E-state index contributed by atoms with van der Waals surface area (Å²) >= 11 is 0. The number of rotatable bonds is 4. The first kappa shape index (κ1) is 28.4. The molecule has 0 radical (unpaired) electrons. The number of piperazine rings is 1. The van der Waals surface area contributed by atoms with Gasteiger partial charge in [0, 0.05) is 31.4 Å². The number of pyridine rings is 2. The van der Waals surface area contributed by atoms with Gasteiger partial charge in [0.2, 0.25) is 0 Å². The second-order valence-corrected chi connectivity index (χ2v) is 10.7. The fraction of sp³-hybridized carbons (Fsp3) is 0.357. The van der Waals surface area contributed by atoms with Gasteiger partial charge in [-0.05, 0) is 44.4 Å². The largest absolute Gasteiger partial charge is 0.394 e. The van der Waals surface area contributed by atoms with E-state index >= 15 is 8.78 Å². The van der Waals surface area contributed by atoms with Gasteiger partial charge in [0.05, 0.1) is 22.3 Å².